The smallest absolute Gasteiger partial charge is 0.242 e. The van der Waals surface area contributed by atoms with Crippen molar-refractivity contribution in [3.8, 4) is 0 Å². The number of hydrogen-bond acceptors (Lipinski definition) is 4. The van der Waals surface area contributed by atoms with Gasteiger partial charge in [0.2, 0.25) is 5.91 Å². The van der Waals surface area contributed by atoms with E-state index in [4.69, 9.17) is 0 Å². The van der Waals surface area contributed by atoms with E-state index >= 15 is 0 Å². The first-order chi connectivity index (χ1) is 9.38. The van der Waals surface area contributed by atoms with E-state index in [2.05, 4.69) is 28.7 Å². The second kappa shape index (κ2) is 5.77. The van der Waals surface area contributed by atoms with Crippen molar-refractivity contribution in [2.24, 2.45) is 5.92 Å². The predicted molar refractivity (Wildman–Crippen MR) is 79.9 cm³/mol. The van der Waals surface area contributed by atoms with Crippen LogP contribution < -0.4 is 4.90 Å². The van der Waals surface area contributed by atoms with Crippen LogP contribution in [0, 0.1) is 26.7 Å². The number of hydrogen-bond donors (Lipinski definition) is 0. The molecule has 20 heavy (non-hydrogen) atoms. The van der Waals surface area contributed by atoms with E-state index in [1.807, 2.05) is 25.7 Å². The fourth-order valence-corrected chi connectivity index (χ4v) is 2.58. The van der Waals surface area contributed by atoms with Crippen LogP contribution >= 0.6 is 0 Å². The summed E-state index contributed by atoms with van der Waals surface area (Å²) in [5.41, 5.74) is 2.06. The molecule has 0 saturated carbocycles. The van der Waals surface area contributed by atoms with E-state index in [9.17, 15) is 4.79 Å². The van der Waals surface area contributed by atoms with Gasteiger partial charge in [-0.1, -0.05) is 13.8 Å². The molecule has 0 atom stereocenters. The van der Waals surface area contributed by atoms with Crippen LogP contribution in [0.15, 0.2) is 0 Å². The van der Waals surface area contributed by atoms with Gasteiger partial charge >= 0.3 is 0 Å². The highest BCUT2D eigenvalue weighted by Gasteiger charge is 2.26. The zero-order valence-corrected chi connectivity index (χ0v) is 13.1. The molecule has 110 valence electrons. The molecule has 0 unspecified atom stereocenters. The van der Waals surface area contributed by atoms with Crippen LogP contribution in [0.5, 0.6) is 0 Å². The van der Waals surface area contributed by atoms with E-state index in [-0.39, 0.29) is 5.91 Å². The van der Waals surface area contributed by atoms with E-state index in [1.54, 1.807) is 0 Å². The highest BCUT2D eigenvalue weighted by Crippen LogP contribution is 2.21. The lowest BCUT2D eigenvalue weighted by Crippen LogP contribution is -2.51. The van der Waals surface area contributed by atoms with Gasteiger partial charge in [0.25, 0.3) is 0 Å². The molecule has 0 aromatic carbocycles. The summed E-state index contributed by atoms with van der Waals surface area (Å²) in [4.78, 5) is 25.2. The molecule has 0 N–H and O–H groups in total. The number of anilines is 1. The minimum atomic E-state index is 0.193. The molecule has 0 aliphatic carbocycles. The van der Waals surface area contributed by atoms with Gasteiger partial charge < -0.3 is 9.80 Å². The lowest BCUT2D eigenvalue weighted by molar-refractivity contribution is -0.131. The van der Waals surface area contributed by atoms with Crippen molar-refractivity contribution in [3.63, 3.8) is 0 Å². The summed E-state index contributed by atoms with van der Waals surface area (Å²) in [7, 11) is 0. The van der Waals surface area contributed by atoms with Crippen LogP contribution in [-0.4, -0.2) is 47.0 Å². The first-order valence-corrected chi connectivity index (χ1v) is 7.23. The van der Waals surface area contributed by atoms with E-state index < -0.39 is 0 Å². The van der Waals surface area contributed by atoms with Crippen molar-refractivity contribution in [1.82, 2.24) is 14.9 Å². The monoisotopic (exact) mass is 276 g/mol. The van der Waals surface area contributed by atoms with E-state index in [0.29, 0.717) is 12.5 Å². The Morgan fingerprint density at radius 3 is 2.45 bits per heavy atom. The Morgan fingerprint density at radius 1 is 1.15 bits per heavy atom. The third kappa shape index (κ3) is 3.08. The lowest BCUT2D eigenvalue weighted by Gasteiger charge is -2.36. The van der Waals surface area contributed by atoms with Crippen LogP contribution in [0.25, 0.3) is 0 Å². The van der Waals surface area contributed by atoms with Gasteiger partial charge in [-0.15, -0.1) is 0 Å². The maximum Gasteiger partial charge on any atom is 0.242 e. The van der Waals surface area contributed by atoms with Crippen molar-refractivity contribution in [1.29, 1.82) is 0 Å². The quantitative estimate of drug-likeness (QED) is 0.843. The molecule has 0 radical (unpaired) electrons. The van der Waals surface area contributed by atoms with Crippen LogP contribution in [-0.2, 0) is 4.79 Å². The molecule has 1 fully saturated rings. The van der Waals surface area contributed by atoms with Crippen molar-refractivity contribution < 1.29 is 4.79 Å². The van der Waals surface area contributed by atoms with Gasteiger partial charge in [0.1, 0.15) is 11.6 Å². The van der Waals surface area contributed by atoms with Crippen molar-refractivity contribution in [3.05, 3.63) is 17.1 Å². The minimum absolute atomic E-state index is 0.193. The van der Waals surface area contributed by atoms with Crippen LogP contribution in [0.1, 0.15) is 30.9 Å². The first kappa shape index (κ1) is 14.8. The van der Waals surface area contributed by atoms with Gasteiger partial charge in [-0.05, 0) is 26.7 Å². The third-order valence-electron chi connectivity index (χ3n) is 3.68. The summed E-state index contributed by atoms with van der Waals surface area (Å²) in [6.07, 6.45) is 0. The molecule has 1 aromatic heterocycles. The molecule has 0 bridgehead atoms. The Kier molecular flexibility index (Phi) is 4.26. The minimum Gasteiger partial charge on any atom is -0.345 e. The van der Waals surface area contributed by atoms with Gasteiger partial charge in [-0.2, -0.15) is 0 Å². The molecule has 5 nitrogen and oxygen atoms in total. The number of carbonyl (C=O) groups excluding carboxylic acids is 1. The van der Waals surface area contributed by atoms with Crippen LogP contribution in [0.4, 0.5) is 5.82 Å². The molecule has 1 amide bonds. The third-order valence-corrected chi connectivity index (χ3v) is 3.68. The standard InChI is InChI=1S/C15H24N4O/c1-10(2)8-18-6-7-19(9-14(18)20)15-11(3)12(4)16-13(5)17-15/h10H,6-9H2,1-5H3. The van der Waals surface area contributed by atoms with E-state index in [0.717, 1.165) is 42.5 Å². The molecule has 2 heterocycles. The number of rotatable bonds is 3. The summed E-state index contributed by atoms with van der Waals surface area (Å²) < 4.78 is 0. The zero-order valence-electron chi connectivity index (χ0n) is 13.1. The number of aryl methyl sites for hydroxylation is 2. The Morgan fingerprint density at radius 2 is 1.85 bits per heavy atom. The Balaban J connectivity index is 2.15. The average molecular weight is 276 g/mol. The summed E-state index contributed by atoms with van der Waals surface area (Å²) in [5, 5.41) is 0. The second-order valence-corrected chi connectivity index (χ2v) is 5.96. The Labute approximate surface area is 121 Å². The summed E-state index contributed by atoms with van der Waals surface area (Å²) in [6.45, 7) is 13.1. The largest absolute Gasteiger partial charge is 0.345 e. The number of carbonyl (C=O) groups is 1. The van der Waals surface area contributed by atoms with Gasteiger partial charge in [0, 0.05) is 30.9 Å². The molecular formula is C15H24N4O. The maximum absolute atomic E-state index is 12.2. The summed E-state index contributed by atoms with van der Waals surface area (Å²) in [6, 6.07) is 0. The molecule has 2 rings (SSSR count). The van der Waals surface area contributed by atoms with Gasteiger partial charge in [-0.3, -0.25) is 4.79 Å². The molecule has 1 aliphatic rings. The summed E-state index contributed by atoms with van der Waals surface area (Å²) in [5.74, 6) is 2.38. The lowest BCUT2D eigenvalue weighted by atomic mass is 10.1. The number of nitrogens with zero attached hydrogens (tertiary/aromatic N) is 4. The fraction of sp³-hybridized carbons (Fsp3) is 0.667. The van der Waals surface area contributed by atoms with Crippen LogP contribution in [0.3, 0.4) is 0 Å². The second-order valence-electron chi connectivity index (χ2n) is 5.96. The molecule has 1 saturated heterocycles. The highest BCUT2D eigenvalue weighted by molar-refractivity contribution is 5.82. The SMILES string of the molecule is Cc1nc(C)c(C)c(N2CCN(CC(C)C)C(=O)C2)n1. The zero-order chi connectivity index (χ0) is 14.9. The average Bonchev–Trinajstić information content (AvgIpc) is 2.36. The van der Waals surface area contributed by atoms with Crippen molar-refractivity contribution in [2.45, 2.75) is 34.6 Å². The van der Waals surface area contributed by atoms with Gasteiger partial charge in [-0.25, -0.2) is 9.97 Å². The topological polar surface area (TPSA) is 49.3 Å². The molecule has 0 spiro atoms. The maximum atomic E-state index is 12.2. The normalized spacial score (nSPS) is 16.2. The highest BCUT2D eigenvalue weighted by atomic mass is 16.2. The molecule has 1 aliphatic heterocycles. The van der Waals surface area contributed by atoms with E-state index in [1.165, 1.54) is 0 Å². The van der Waals surface area contributed by atoms with Crippen molar-refractivity contribution >= 4 is 11.7 Å². The number of amides is 1. The fourth-order valence-electron chi connectivity index (χ4n) is 2.58. The summed E-state index contributed by atoms with van der Waals surface area (Å²) >= 11 is 0. The van der Waals surface area contributed by atoms with Gasteiger partial charge in [0.15, 0.2) is 0 Å². The number of aromatic nitrogens is 2. The molecule has 1 aromatic rings. The van der Waals surface area contributed by atoms with Gasteiger partial charge in [0.05, 0.1) is 6.54 Å². The van der Waals surface area contributed by atoms with Crippen molar-refractivity contribution in [2.75, 3.05) is 31.1 Å². The van der Waals surface area contributed by atoms with Crippen LogP contribution in [0.2, 0.25) is 0 Å². The number of piperazine rings is 1. The predicted octanol–water partition coefficient (Wildman–Crippen LogP) is 1.71. The molecule has 5 heteroatoms. The molecular weight excluding hydrogens is 252 g/mol. The Bertz CT molecular complexity index is 513. The Hall–Kier alpha value is -1.65. The first-order valence-electron chi connectivity index (χ1n) is 7.23.